The molecule has 0 amide bonds. The molecule has 0 aliphatic carbocycles. The minimum absolute atomic E-state index is 0.261. The van der Waals surface area contributed by atoms with E-state index in [0.717, 1.165) is 6.42 Å². The van der Waals surface area contributed by atoms with Gasteiger partial charge in [-0.25, -0.2) is 0 Å². The normalized spacial score (nSPS) is 25.2. The zero-order valence-electron chi connectivity index (χ0n) is 10.9. The van der Waals surface area contributed by atoms with Crippen molar-refractivity contribution in [1.82, 2.24) is 5.32 Å². The molecule has 0 saturated carbocycles. The van der Waals surface area contributed by atoms with Crippen LogP contribution in [0.25, 0.3) is 0 Å². The van der Waals surface area contributed by atoms with Crippen molar-refractivity contribution in [1.29, 1.82) is 0 Å². The van der Waals surface area contributed by atoms with Crippen LogP contribution in [0.15, 0.2) is 24.3 Å². The monoisotopic (exact) mass is 217 g/mol. The Kier molecular flexibility index (Phi) is 2.83. The molecule has 1 fully saturated rings. The summed E-state index contributed by atoms with van der Waals surface area (Å²) in [6, 6.07) is 9.12. The summed E-state index contributed by atoms with van der Waals surface area (Å²) in [6.45, 7) is 10.3. The highest BCUT2D eigenvalue weighted by Gasteiger charge is 2.30. The SMILES string of the molecule is CC1(Cc2ccc(C(C)(C)C)cc2)CCN1. The van der Waals surface area contributed by atoms with Gasteiger partial charge < -0.3 is 5.32 Å². The van der Waals surface area contributed by atoms with Gasteiger partial charge >= 0.3 is 0 Å². The first-order valence-corrected chi connectivity index (χ1v) is 6.24. The molecule has 1 aliphatic rings. The van der Waals surface area contributed by atoms with E-state index in [0.29, 0.717) is 5.54 Å². The zero-order chi connectivity index (χ0) is 11.8. The molecule has 1 heteroatoms. The molecule has 0 aromatic heterocycles. The number of hydrogen-bond acceptors (Lipinski definition) is 1. The lowest BCUT2D eigenvalue weighted by Crippen LogP contribution is -2.55. The van der Waals surface area contributed by atoms with Crippen LogP contribution in [0, 0.1) is 0 Å². The second-order valence-electron chi connectivity index (χ2n) is 6.36. The van der Waals surface area contributed by atoms with Crippen LogP contribution >= 0.6 is 0 Å². The maximum Gasteiger partial charge on any atom is 0.0205 e. The minimum atomic E-state index is 0.261. The Labute approximate surface area is 99.3 Å². The van der Waals surface area contributed by atoms with Crippen LogP contribution < -0.4 is 5.32 Å². The maximum atomic E-state index is 3.52. The highest BCUT2D eigenvalue weighted by atomic mass is 15.0. The standard InChI is InChI=1S/C15H23N/c1-14(2,3)13-7-5-12(6-8-13)11-15(4)9-10-16-15/h5-8,16H,9-11H2,1-4H3. The van der Waals surface area contributed by atoms with Crippen molar-refractivity contribution in [2.45, 2.75) is 51.5 Å². The Morgan fingerprint density at radius 1 is 1.19 bits per heavy atom. The molecular formula is C15H23N. The number of benzene rings is 1. The summed E-state index contributed by atoms with van der Waals surface area (Å²) in [7, 11) is 0. The molecule has 1 aromatic carbocycles. The Morgan fingerprint density at radius 3 is 2.12 bits per heavy atom. The van der Waals surface area contributed by atoms with Crippen LogP contribution in [0.2, 0.25) is 0 Å². The van der Waals surface area contributed by atoms with Gasteiger partial charge in [-0.1, -0.05) is 45.0 Å². The van der Waals surface area contributed by atoms with E-state index in [1.54, 1.807) is 0 Å². The quantitative estimate of drug-likeness (QED) is 0.801. The van der Waals surface area contributed by atoms with E-state index in [4.69, 9.17) is 0 Å². The lowest BCUT2D eigenvalue weighted by Gasteiger charge is -2.40. The van der Waals surface area contributed by atoms with E-state index >= 15 is 0 Å². The molecule has 1 N–H and O–H groups in total. The van der Waals surface area contributed by atoms with Gasteiger partial charge in [-0.15, -0.1) is 0 Å². The fourth-order valence-corrected chi connectivity index (χ4v) is 2.28. The molecule has 1 atom stereocenters. The van der Waals surface area contributed by atoms with Crippen molar-refractivity contribution in [3.05, 3.63) is 35.4 Å². The summed E-state index contributed by atoms with van der Waals surface area (Å²) >= 11 is 0. The smallest absolute Gasteiger partial charge is 0.0205 e. The fourth-order valence-electron chi connectivity index (χ4n) is 2.28. The molecule has 0 bridgehead atoms. The van der Waals surface area contributed by atoms with Crippen molar-refractivity contribution < 1.29 is 0 Å². The van der Waals surface area contributed by atoms with Crippen LogP contribution in [0.5, 0.6) is 0 Å². The molecule has 0 spiro atoms. The summed E-state index contributed by atoms with van der Waals surface area (Å²) < 4.78 is 0. The Hall–Kier alpha value is -0.820. The van der Waals surface area contributed by atoms with Gasteiger partial charge in [0, 0.05) is 5.54 Å². The molecule has 2 rings (SSSR count). The van der Waals surface area contributed by atoms with Crippen molar-refractivity contribution >= 4 is 0 Å². The van der Waals surface area contributed by atoms with Crippen LogP contribution in [0.1, 0.15) is 45.2 Å². The first kappa shape index (κ1) is 11.7. The third kappa shape index (κ3) is 2.46. The average molecular weight is 217 g/mol. The first-order valence-electron chi connectivity index (χ1n) is 6.24. The molecule has 1 aromatic rings. The van der Waals surface area contributed by atoms with E-state index < -0.39 is 0 Å². The largest absolute Gasteiger partial charge is 0.311 e. The van der Waals surface area contributed by atoms with Crippen molar-refractivity contribution in [3.8, 4) is 0 Å². The van der Waals surface area contributed by atoms with Crippen molar-refractivity contribution in [2.24, 2.45) is 0 Å². The van der Waals surface area contributed by atoms with Crippen LogP contribution in [0.4, 0.5) is 0 Å². The lowest BCUT2D eigenvalue weighted by atomic mass is 9.82. The van der Waals surface area contributed by atoms with Crippen LogP contribution in [-0.4, -0.2) is 12.1 Å². The van der Waals surface area contributed by atoms with E-state index in [1.807, 2.05) is 0 Å². The molecular weight excluding hydrogens is 194 g/mol. The first-order chi connectivity index (χ1) is 7.39. The van der Waals surface area contributed by atoms with Gasteiger partial charge in [-0.05, 0) is 42.9 Å². The van der Waals surface area contributed by atoms with Gasteiger partial charge in [0.1, 0.15) is 0 Å². The Balaban J connectivity index is 2.08. The lowest BCUT2D eigenvalue weighted by molar-refractivity contribution is 0.231. The van der Waals surface area contributed by atoms with Gasteiger partial charge in [0.05, 0.1) is 0 Å². The minimum Gasteiger partial charge on any atom is -0.311 e. The van der Waals surface area contributed by atoms with Gasteiger partial charge in [-0.3, -0.25) is 0 Å². The van der Waals surface area contributed by atoms with Crippen LogP contribution in [0.3, 0.4) is 0 Å². The topological polar surface area (TPSA) is 12.0 Å². The molecule has 0 radical (unpaired) electrons. The number of nitrogens with one attached hydrogen (secondary N) is 1. The highest BCUT2D eigenvalue weighted by molar-refractivity contribution is 5.28. The second kappa shape index (κ2) is 3.89. The fraction of sp³-hybridized carbons (Fsp3) is 0.600. The third-order valence-electron chi connectivity index (χ3n) is 3.64. The predicted molar refractivity (Wildman–Crippen MR) is 69.9 cm³/mol. The summed E-state index contributed by atoms with van der Waals surface area (Å²) in [5.74, 6) is 0. The van der Waals surface area contributed by atoms with E-state index in [1.165, 1.54) is 24.1 Å². The van der Waals surface area contributed by atoms with E-state index in [2.05, 4.69) is 57.3 Å². The van der Waals surface area contributed by atoms with Gasteiger partial charge in [0.15, 0.2) is 0 Å². The van der Waals surface area contributed by atoms with Crippen molar-refractivity contribution in [2.75, 3.05) is 6.54 Å². The summed E-state index contributed by atoms with van der Waals surface area (Å²) in [5.41, 5.74) is 3.48. The molecule has 1 nitrogen and oxygen atoms in total. The molecule has 88 valence electrons. The molecule has 1 aliphatic heterocycles. The molecule has 1 heterocycles. The summed E-state index contributed by atoms with van der Waals surface area (Å²) in [6.07, 6.45) is 2.45. The highest BCUT2D eigenvalue weighted by Crippen LogP contribution is 2.26. The summed E-state index contributed by atoms with van der Waals surface area (Å²) in [5, 5.41) is 3.52. The van der Waals surface area contributed by atoms with Gasteiger partial charge in [-0.2, -0.15) is 0 Å². The zero-order valence-corrected chi connectivity index (χ0v) is 10.9. The van der Waals surface area contributed by atoms with E-state index in [9.17, 15) is 0 Å². The Bertz CT molecular complexity index is 352. The predicted octanol–water partition coefficient (Wildman–Crippen LogP) is 3.28. The Morgan fingerprint density at radius 2 is 1.75 bits per heavy atom. The van der Waals surface area contributed by atoms with Gasteiger partial charge in [0.25, 0.3) is 0 Å². The summed E-state index contributed by atoms with van der Waals surface area (Å²) in [4.78, 5) is 0. The maximum absolute atomic E-state index is 3.52. The average Bonchev–Trinajstić information content (AvgIpc) is 2.15. The van der Waals surface area contributed by atoms with Crippen molar-refractivity contribution in [3.63, 3.8) is 0 Å². The number of hydrogen-bond donors (Lipinski definition) is 1. The number of rotatable bonds is 2. The molecule has 1 saturated heterocycles. The second-order valence-corrected chi connectivity index (χ2v) is 6.36. The van der Waals surface area contributed by atoms with Gasteiger partial charge in [0.2, 0.25) is 0 Å². The van der Waals surface area contributed by atoms with Crippen LogP contribution in [-0.2, 0) is 11.8 Å². The third-order valence-corrected chi connectivity index (χ3v) is 3.64. The molecule has 1 unspecified atom stereocenters. The van der Waals surface area contributed by atoms with E-state index in [-0.39, 0.29) is 5.41 Å². The molecule has 16 heavy (non-hydrogen) atoms.